The SMILES string of the molecule is O=C(NCc1cn2ccccc2n1)c1ccc[n+]([O-])c1. The fourth-order valence-corrected chi connectivity index (χ4v) is 1.93. The Morgan fingerprint density at radius 1 is 1.35 bits per heavy atom. The van der Waals surface area contributed by atoms with E-state index in [-0.39, 0.29) is 5.91 Å². The molecular weight excluding hydrogens is 256 g/mol. The van der Waals surface area contributed by atoms with E-state index < -0.39 is 0 Å². The molecule has 0 aliphatic carbocycles. The summed E-state index contributed by atoms with van der Waals surface area (Å²) in [6.07, 6.45) is 6.32. The van der Waals surface area contributed by atoms with Crippen LogP contribution >= 0.6 is 0 Å². The van der Waals surface area contributed by atoms with Gasteiger partial charge >= 0.3 is 0 Å². The molecule has 1 N–H and O–H groups in total. The van der Waals surface area contributed by atoms with E-state index in [1.165, 1.54) is 18.5 Å². The van der Waals surface area contributed by atoms with Crippen molar-refractivity contribution in [2.75, 3.05) is 0 Å². The highest BCUT2D eigenvalue weighted by molar-refractivity contribution is 5.93. The molecule has 0 aromatic carbocycles. The fourth-order valence-electron chi connectivity index (χ4n) is 1.93. The van der Waals surface area contributed by atoms with Gasteiger partial charge in [0, 0.05) is 18.5 Å². The van der Waals surface area contributed by atoms with E-state index in [9.17, 15) is 10.0 Å². The van der Waals surface area contributed by atoms with E-state index in [4.69, 9.17) is 0 Å². The Morgan fingerprint density at radius 3 is 3.05 bits per heavy atom. The molecule has 0 atom stereocenters. The monoisotopic (exact) mass is 268 g/mol. The molecular formula is C14H12N4O2. The van der Waals surface area contributed by atoms with Crippen molar-refractivity contribution >= 4 is 11.6 Å². The normalized spacial score (nSPS) is 10.6. The number of pyridine rings is 2. The van der Waals surface area contributed by atoms with Crippen molar-refractivity contribution < 1.29 is 9.52 Å². The summed E-state index contributed by atoms with van der Waals surface area (Å²) in [6, 6.07) is 8.83. The summed E-state index contributed by atoms with van der Waals surface area (Å²) >= 11 is 0. The molecule has 0 unspecified atom stereocenters. The minimum absolute atomic E-state index is 0.299. The molecule has 3 heterocycles. The summed E-state index contributed by atoms with van der Waals surface area (Å²) in [4.78, 5) is 16.3. The van der Waals surface area contributed by atoms with Crippen LogP contribution in [0.2, 0.25) is 0 Å². The highest BCUT2D eigenvalue weighted by Gasteiger charge is 2.09. The maximum atomic E-state index is 11.9. The third-order valence-corrected chi connectivity index (χ3v) is 2.88. The lowest BCUT2D eigenvalue weighted by atomic mass is 10.2. The first-order valence-corrected chi connectivity index (χ1v) is 6.12. The van der Waals surface area contributed by atoms with Gasteiger partial charge in [-0.2, -0.15) is 4.73 Å². The Balaban J connectivity index is 1.71. The van der Waals surface area contributed by atoms with Crippen LogP contribution in [0.3, 0.4) is 0 Å². The smallest absolute Gasteiger partial charge is 0.257 e. The van der Waals surface area contributed by atoms with Crippen LogP contribution in [-0.2, 0) is 6.54 Å². The number of hydrogen-bond acceptors (Lipinski definition) is 3. The Labute approximate surface area is 114 Å². The lowest BCUT2D eigenvalue weighted by Gasteiger charge is -2.02. The zero-order valence-corrected chi connectivity index (χ0v) is 10.6. The molecule has 0 aliphatic rings. The molecule has 3 rings (SSSR count). The van der Waals surface area contributed by atoms with Crippen LogP contribution in [-0.4, -0.2) is 15.3 Å². The van der Waals surface area contributed by atoms with E-state index >= 15 is 0 Å². The van der Waals surface area contributed by atoms with Gasteiger partial charge in [-0.05, 0) is 18.2 Å². The van der Waals surface area contributed by atoms with Gasteiger partial charge in [-0.3, -0.25) is 4.79 Å². The molecule has 0 saturated heterocycles. The Hall–Kier alpha value is -2.89. The number of amides is 1. The first kappa shape index (κ1) is 12.2. The summed E-state index contributed by atoms with van der Waals surface area (Å²) < 4.78 is 2.48. The molecule has 0 spiro atoms. The molecule has 0 aliphatic heterocycles. The third kappa shape index (κ3) is 2.44. The lowest BCUT2D eigenvalue weighted by molar-refractivity contribution is -0.605. The van der Waals surface area contributed by atoms with E-state index in [2.05, 4.69) is 10.3 Å². The first-order valence-electron chi connectivity index (χ1n) is 6.12. The van der Waals surface area contributed by atoms with Crippen LogP contribution in [0.25, 0.3) is 5.65 Å². The van der Waals surface area contributed by atoms with Crippen LogP contribution in [0, 0.1) is 5.21 Å². The third-order valence-electron chi connectivity index (χ3n) is 2.88. The molecule has 3 aromatic heterocycles. The van der Waals surface area contributed by atoms with E-state index in [1.54, 1.807) is 6.07 Å². The second kappa shape index (κ2) is 5.00. The van der Waals surface area contributed by atoms with Crippen LogP contribution in [0.4, 0.5) is 0 Å². The van der Waals surface area contributed by atoms with E-state index in [0.717, 1.165) is 11.3 Å². The van der Waals surface area contributed by atoms with Crippen molar-refractivity contribution in [3.63, 3.8) is 0 Å². The number of nitrogens with zero attached hydrogens (tertiary/aromatic N) is 3. The fraction of sp³-hybridized carbons (Fsp3) is 0.0714. The Kier molecular flexibility index (Phi) is 3.04. The number of aromatic nitrogens is 3. The van der Waals surface area contributed by atoms with Gasteiger partial charge in [-0.1, -0.05) is 6.07 Å². The number of rotatable bonds is 3. The Bertz CT molecular complexity index is 733. The van der Waals surface area contributed by atoms with Crippen LogP contribution in [0.5, 0.6) is 0 Å². The summed E-state index contributed by atoms with van der Waals surface area (Å²) in [5.74, 6) is -0.299. The van der Waals surface area contributed by atoms with Crippen LogP contribution in [0.1, 0.15) is 16.1 Å². The zero-order valence-electron chi connectivity index (χ0n) is 10.6. The largest absolute Gasteiger partial charge is 0.619 e. The highest BCUT2D eigenvalue weighted by atomic mass is 16.5. The predicted molar refractivity (Wildman–Crippen MR) is 71.8 cm³/mol. The van der Waals surface area contributed by atoms with Gasteiger partial charge in [0.05, 0.1) is 12.2 Å². The highest BCUT2D eigenvalue weighted by Crippen LogP contribution is 2.04. The van der Waals surface area contributed by atoms with Gasteiger partial charge in [-0.25, -0.2) is 4.98 Å². The van der Waals surface area contributed by atoms with Gasteiger partial charge in [0.15, 0.2) is 12.4 Å². The Morgan fingerprint density at radius 2 is 2.25 bits per heavy atom. The van der Waals surface area contributed by atoms with Gasteiger partial charge in [0.25, 0.3) is 5.91 Å². The summed E-state index contributed by atoms with van der Waals surface area (Å²) in [5, 5.41) is 13.8. The molecule has 20 heavy (non-hydrogen) atoms. The summed E-state index contributed by atoms with van der Waals surface area (Å²) in [6.45, 7) is 0.314. The van der Waals surface area contributed by atoms with Gasteiger partial charge < -0.3 is 14.9 Å². The predicted octanol–water partition coefficient (Wildman–Crippen LogP) is 0.898. The maximum absolute atomic E-state index is 11.9. The van der Waals surface area contributed by atoms with E-state index in [0.29, 0.717) is 16.8 Å². The number of hydrogen-bond donors (Lipinski definition) is 1. The molecule has 0 bridgehead atoms. The average Bonchev–Trinajstić information content (AvgIpc) is 2.87. The van der Waals surface area contributed by atoms with Crippen molar-refractivity contribution in [2.24, 2.45) is 0 Å². The van der Waals surface area contributed by atoms with Crippen molar-refractivity contribution in [1.82, 2.24) is 14.7 Å². The topological polar surface area (TPSA) is 73.3 Å². The minimum Gasteiger partial charge on any atom is -0.619 e. The molecule has 0 saturated carbocycles. The number of carbonyl (C=O) groups excluding carboxylic acids is 1. The molecule has 3 aromatic rings. The number of imidazole rings is 1. The molecule has 6 heteroatoms. The second-order valence-corrected chi connectivity index (χ2v) is 4.33. The van der Waals surface area contributed by atoms with E-state index in [1.807, 2.05) is 35.0 Å². The molecule has 0 fully saturated rings. The minimum atomic E-state index is -0.299. The summed E-state index contributed by atoms with van der Waals surface area (Å²) in [5.41, 5.74) is 1.91. The molecule has 0 radical (unpaired) electrons. The lowest BCUT2D eigenvalue weighted by Crippen LogP contribution is -2.29. The van der Waals surface area contributed by atoms with Crippen LogP contribution in [0.15, 0.2) is 55.1 Å². The maximum Gasteiger partial charge on any atom is 0.257 e. The quantitative estimate of drug-likeness (QED) is 0.566. The molecule has 6 nitrogen and oxygen atoms in total. The number of nitrogens with one attached hydrogen (secondary N) is 1. The van der Waals surface area contributed by atoms with Crippen molar-refractivity contribution in [3.8, 4) is 0 Å². The zero-order chi connectivity index (χ0) is 13.9. The first-order chi connectivity index (χ1) is 9.72. The summed E-state index contributed by atoms with van der Waals surface area (Å²) in [7, 11) is 0. The molecule has 1 amide bonds. The van der Waals surface area contributed by atoms with Crippen LogP contribution < -0.4 is 10.0 Å². The standard InChI is InChI=1S/C14H12N4O2/c19-14(11-4-3-7-18(20)9-11)15-8-12-10-17-6-2-1-5-13(17)16-12/h1-7,9-10H,8H2,(H,15,19). The van der Waals surface area contributed by atoms with Gasteiger partial charge in [0.2, 0.25) is 0 Å². The molecule has 100 valence electrons. The van der Waals surface area contributed by atoms with Gasteiger partial charge in [0.1, 0.15) is 11.2 Å². The van der Waals surface area contributed by atoms with Gasteiger partial charge in [-0.15, -0.1) is 0 Å². The van der Waals surface area contributed by atoms with Crippen molar-refractivity contribution in [1.29, 1.82) is 0 Å². The second-order valence-electron chi connectivity index (χ2n) is 4.33. The average molecular weight is 268 g/mol. The van der Waals surface area contributed by atoms with Crippen molar-refractivity contribution in [2.45, 2.75) is 6.54 Å². The van der Waals surface area contributed by atoms with Crippen molar-refractivity contribution in [3.05, 3.63) is 71.6 Å². The number of fused-ring (bicyclic) bond motifs is 1. The number of carbonyl (C=O) groups is 1.